The standard InChI is InChI=1S/C10H19N3O2.ClH/c1-10(12)5-3-2-4-7(10)9(15)13-6-8(11)14;/h7H,2-6,12H2,1H3,(H2,11,14)(H,13,15);1H. The Bertz CT molecular complexity index is 269. The van der Waals surface area contributed by atoms with Gasteiger partial charge in [0.15, 0.2) is 0 Å². The van der Waals surface area contributed by atoms with Gasteiger partial charge in [0.2, 0.25) is 11.8 Å². The van der Waals surface area contributed by atoms with Crippen molar-refractivity contribution in [3.05, 3.63) is 0 Å². The first-order valence-electron chi connectivity index (χ1n) is 5.28. The number of hydrogen-bond donors (Lipinski definition) is 3. The van der Waals surface area contributed by atoms with Gasteiger partial charge in [0, 0.05) is 5.54 Å². The van der Waals surface area contributed by atoms with Gasteiger partial charge in [0.1, 0.15) is 0 Å². The second-order valence-electron chi connectivity index (χ2n) is 4.49. The highest BCUT2D eigenvalue weighted by molar-refractivity contribution is 5.86. The van der Waals surface area contributed by atoms with Gasteiger partial charge >= 0.3 is 0 Å². The second kappa shape index (κ2) is 6.06. The van der Waals surface area contributed by atoms with E-state index in [1.807, 2.05) is 6.92 Å². The molecule has 2 atom stereocenters. The van der Waals surface area contributed by atoms with Crippen molar-refractivity contribution >= 4 is 24.2 Å². The maximum absolute atomic E-state index is 11.7. The summed E-state index contributed by atoms with van der Waals surface area (Å²) in [6, 6.07) is 0. The molecule has 1 rings (SSSR count). The van der Waals surface area contributed by atoms with Crippen LogP contribution in [0, 0.1) is 5.92 Å². The average molecular weight is 250 g/mol. The molecule has 0 bridgehead atoms. The molecule has 0 heterocycles. The van der Waals surface area contributed by atoms with Gasteiger partial charge in [-0.1, -0.05) is 12.8 Å². The number of hydrogen-bond acceptors (Lipinski definition) is 3. The summed E-state index contributed by atoms with van der Waals surface area (Å²) < 4.78 is 0. The van der Waals surface area contributed by atoms with Gasteiger partial charge in [0.05, 0.1) is 12.5 Å². The molecule has 2 unspecified atom stereocenters. The van der Waals surface area contributed by atoms with Crippen LogP contribution in [0.15, 0.2) is 0 Å². The Hall–Kier alpha value is -0.810. The molecule has 2 amide bonds. The van der Waals surface area contributed by atoms with Crippen LogP contribution in [0.3, 0.4) is 0 Å². The zero-order chi connectivity index (χ0) is 11.5. The van der Waals surface area contributed by atoms with Crippen LogP contribution in [0.25, 0.3) is 0 Å². The number of nitrogens with one attached hydrogen (secondary N) is 1. The van der Waals surface area contributed by atoms with E-state index in [2.05, 4.69) is 5.32 Å². The van der Waals surface area contributed by atoms with E-state index in [4.69, 9.17) is 11.5 Å². The lowest BCUT2D eigenvalue weighted by Crippen LogP contribution is -2.53. The van der Waals surface area contributed by atoms with Gasteiger partial charge in [0.25, 0.3) is 0 Å². The SMILES string of the molecule is CC1(N)CCCCC1C(=O)NCC(N)=O.Cl. The fraction of sp³-hybridized carbons (Fsp3) is 0.800. The van der Waals surface area contributed by atoms with Crippen LogP contribution in [-0.2, 0) is 9.59 Å². The average Bonchev–Trinajstić information content (AvgIpc) is 2.13. The van der Waals surface area contributed by atoms with Crippen LogP contribution >= 0.6 is 12.4 Å². The molecule has 1 aliphatic rings. The molecule has 0 aromatic rings. The Kier molecular flexibility index (Phi) is 5.75. The van der Waals surface area contributed by atoms with Gasteiger partial charge in [-0.15, -0.1) is 12.4 Å². The van der Waals surface area contributed by atoms with Gasteiger partial charge in [-0.3, -0.25) is 9.59 Å². The van der Waals surface area contributed by atoms with Gasteiger partial charge in [-0.25, -0.2) is 0 Å². The van der Waals surface area contributed by atoms with Gasteiger partial charge < -0.3 is 16.8 Å². The molecule has 1 aliphatic carbocycles. The zero-order valence-electron chi connectivity index (χ0n) is 9.49. The van der Waals surface area contributed by atoms with Crippen molar-refractivity contribution in [2.75, 3.05) is 6.54 Å². The molecule has 1 saturated carbocycles. The molecular formula is C10H20ClN3O2. The molecular weight excluding hydrogens is 230 g/mol. The first-order valence-corrected chi connectivity index (χ1v) is 5.28. The summed E-state index contributed by atoms with van der Waals surface area (Å²) in [5, 5.41) is 2.51. The molecule has 94 valence electrons. The first kappa shape index (κ1) is 15.2. The van der Waals surface area contributed by atoms with Crippen LogP contribution < -0.4 is 16.8 Å². The highest BCUT2D eigenvalue weighted by Crippen LogP contribution is 2.31. The monoisotopic (exact) mass is 249 g/mol. The Morgan fingerprint density at radius 2 is 2.06 bits per heavy atom. The predicted octanol–water partition coefficient (Wildman–Crippen LogP) is -0.0827. The van der Waals surface area contributed by atoms with Crippen LogP contribution in [0.4, 0.5) is 0 Å². The third-order valence-electron chi connectivity index (χ3n) is 3.01. The molecule has 0 aliphatic heterocycles. The molecule has 6 heteroatoms. The van der Waals surface area contributed by atoms with Crippen molar-refractivity contribution in [3.8, 4) is 0 Å². The summed E-state index contributed by atoms with van der Waals surface area (Å²) in [6.45, 7) is 1.78. The fourth-order valence-corrected chi connectivity index (χ4v) is 2.09. The van der Waals surface area contributed by atoms with Gasteiger partial charge in [-0.2, -0.15) is 0 Å². The smallest absolute Gasteiger partial charge is 0.236 e. The topological polar surface area (TPSA) is 98.2 Å². The fourth-order valence-electron chi connectivity index (χ4n) is 2.09. The molecule has 16 heavy (non-hydrogen) atoms. The Balaban J connectivity index is 0.00000225. The summed E-state index contributed by atoms with van der Waals surface area (Å²) in [7, 11) is 0. The maximum atomic E-state index is 11.7. The maximum Gasteiger partial charge on any atom is 0.236 e. The summed E-state index contributed by atoms with van der Waals surface area (Å²) in [5.74, 6) is -0.887. The summed E-state index contributed by atoms with van der Waals surface area (Å²) in [5.41, 5.74) is 10.5. The molecule has 0 aromatic carbocycles. The van der Waals surface area contributed by atoms with E-state index < -0.39 is 11.4 Å². The van der Waals surface area contributed by atoms with Crippen LogP contribution in [-0.4, -0.2) is 23.9 Å². The minimum Gasteiger partial charge on any atom is -0.368 e. The highest BCUT2D eigenvalue weighted by Gasteiger charge is 2.37. The predicted molar refractivity (Wildman–Crippen MR) is 64.0 cm³/mol. The van der Waals surface area contributed by atoms with Crippen LogP contribution in [0.5, 0.6) is 0 Å². The van der Waals surface area contributed by atoms with E-state index in [1.165, 1.54) is 0 Å². The molecule has 5 nitrogen and oxygen atoms in total. The number of carbonyl (C=O) groups excluding carboxylic acids is 2. The normalized spacial score (nSPS) is 29.0. The Labute approximate surface area is 102 Å². The number of rotatable bonds is 3. The summed E-state index contributed by atoms with van der Waals surface area (Å²) in [6.07, 6.45) is 3.72. The molecule has 0 radical (unpaired) electrons. The quantitative estimate of drug-likeness (QED) is 0.652. The highest BCUT2D eigenvalue weighted by atomic mass is 35.5. The molecule has 5 N–H and O–H groups in total. The third kappa shape index (κ3) is 3.98. The van der Waals surface area contributed by atoms with E-state index in [-0.39, 0.29) is 30.8 Å². The van der Waals surface area contributed by atoms with Crippen molar-refractivity contribution in [3.63, 3.8) is 0 Å². The lowest BCUT2D eigenvalue weighted by atomic mass is 9.74. The summed E-state index contributed by atoms with van der Waals surface area (Å²) in [4.78, 5) is 22.2. The van der Waals surface area contributed by atoms with Crippen molar-refractivity contribution in [2.24, 2.45) is 17.4 Å². The Morgan fingerprint density at radius 1 is 1.44 bits per heavy atom. The van der Waals surface area contributed by atoms with E-state index in [9.17, 15) is 9.59 Å². The summed E-state index contributed by atoms with van der Waals surface area (Å²) >= 11 is 0. The number of nitrogens with two attached hydrogens (primary N) is 2. The zero-order valence-corrected chi connectivity index (χ0v) is 10.3. The largest absolute Gasteiger partial charge is 0.368 e. The van der Waals surface area contributed by atoms with Crippen molar-refractivity contribution < 1.29 is 9.59 Å². The number of halogens is 1. The third-order valence-corrected chi connectivity index (χ3v) is 3.01. The van der Waals surface area contributed by atoms with Crippen LogP contribution in [0.1, 0.15) is 32.6 Å². The second-order valence-corrected chi connectivity index (χ2v) is 4.49. The number of carbonyl (C=O) groups is 2. The van der Waals surface area contributed by atoms with E-state index in [0.717, 1.165) is 25.7 Å². The molecule has 0 spiro atoms. The lowest BCUT2D eigenvalue weighted by Gasteiger charge is -2.37. The van der Waals surface area contributed by atoms with Gasteiger partial charge in [-0.05, 0) is 19.8 Å². The minimum absolute atomic E-state index is 0. The van der Waals surface area contributed by atoms with Crippen LogP contribution in [0.2, 0.25) is 0 Å². The van der Waals surface area contributed by atoms with Crippen molar-refractivity contribution in [1.82, 2.24) is 5.32 Å². The van der Waals surface area contributed by atoms with Crippen molar-refractivity contribution in [1.29, 1.82) is 0 Å². The molecule has 0 saturated heterocycles. The Morgan fingerprint density at radius 3 is 2.56 bits per heavy atom. The molecule has 1 fully saturated rings. The first-order chi connectivity index (χ1) is 6.93. The molecule has 0 aromatic heterocycles. The minimum atomic E-state index is -0.530. The number of primary amides is 1. The van der Waals surface area contributed by atoms with Crippen molar-refractivity contribution in [2.45, 2.75) is 38.1 Å². The van der Waals surface area contributed by atoms with E-state index in [1.54, 1.807) is 0 Å². The van der Waals surface area contributed by atoms with E-state index in [0.29, 0.717) is 0 Å². The number of amides is 2. The lowest BCUT2D eigenvalue weighted by molar-refractivity contribution is -0.130. The van der Waals surface area contributed by atoms with E-state index >= 15 is 0 Å².